The maximum Gasteiger partial charge on any atom is 0.405 e. The van der Waals surface area contributed by atoms with Crippen LogP contribution >= 0.6 is 15.9 Å². The number of benzene rings is 1. The van der Waals surface area contributed by atoms with E-state index in [2.05, 4.69) is 21.2 Å². The van der Waals surface area contributed by atoms with Crippen molar-refractivity contribution < 1.29 is 22.8 Å². The van der Waals surface area contributed by atoms with Gasteiger partial charge in [-0.25, -0.2) is 0 Å². The molecule has 2 rings (SSSR count). The molecule has 0 aliphatic rings. The van der Waals surface area contributed by atoms with Gasteiger partial charge in [0.15, 0.2) is 0 Å². The van der Waals surface area contributed by atoms with Gasteiger partial charge in [-0.2, -0.15) is 13.2 Å². The number of carbonyl (C=O) groups is 2. The van der Waals surface area contributed by atoms with Gasteiger partial charge in [0, 0.05) is 28.5 Å². The van der Waals surface area contributed by atoms with Crippen molar-refractivity contribution in [1.29, 1.82) is 0 Å². The lowest BCUT2D eigenvalue weighted by atomic mass is 10.1. The maximum atomic E-state index is 12.5. The minimum absolute atomic E-state index is 0.0298. The highest BCUT2D eigenvalue weighted by molar-refractivity contribution is 9.10. The van der Waals surface area contributed by atoms with Gasteiger partial charge in [-0.1, -0.05) is 6.07 Å². The van der Waals surface area contributed by atoms with Crippen molar-refractivity contribution >= 4 is 33.4 Å². The Labute approximate surface area is 156 Å². The van der Waals surface area contributed by atoms with Crippen LogP contribution in [0.3, 0.4) is 0 Å². The van der Waals surface area contributed by atoms with Gasteiger partial charge < -0.3 is 15.2 Å². The van der Waals surface area contributed by atoms with E-state index in [0.29, 0.717) is 23.5 Å². The number of nitrogens with zero attached hydrogens (tertiary/aromatic N) is 1. The minimum Gasteiger partial charge on any atom is -0.343 e. The summed E-state index contributed by atoms with van der Waals surface area (Å²) in [6.45, 7) is 2.79. The number of nitrogens with one attached hydrogen (secondary N) is 2. The Hall–Kier alpha value is -2.29. The van der Waals surface area contributed by atoms with Gasteiger partial charge in [0.2, 0.25) is 0 Å². The first-order valence-electron chi connectivity index (χ1n) is 7.73. The molecule has 26 heavy (non-hydrogen) atoms. The SMILES string of the molecule is CCn1cc(Br)cc1C(=O)Nc1cc(C(=O)NCC(F)(F)F)ccc1C. The molecule has 0 radical (unpaired) electrons. The average molecular weight is 432 g/mol. The first-order valence-corrected chi connectivity index (χ1v) is 8.52. The third kappa shape index (κ3) is 5.10. The summed E-state index contributed by atoms with van der Waals surface area (Å²) < 4.78 is 39.2. The molecule has 2 amide bonds. The Morgan fingerprint density at radius 3 is 2.50 bits per heavy atom. The van der Waals surface area contributed by atoms with E-state index in [9.17, 15) is 22.8 Å². The highest BCUT2D eigenvalue weighted by atomic mass is 79.9. The topological polar surface area (TPSA) is 63.1 Å². The molecular formula is C17H17BrF3N3O2. The maximum absolute atomic E-state index is 12.5. The lowest BCUT2D eigenvalue weighted by Gasteiger charge is -2.12. The zero-order valence-corrected chi connectivity index (χ0v) is 15.7. The fourth-order valence-corrected chi connectivity index (χ4v) is 2.76. The van der Waals surface area contributed by atoms with E-state index in [4.69, 9.17) is 0 Å². The van der Waals surface area contributed by atoms with Crippen LogP contribution in [0.4, 0.5) is 18.9 Å². The number of alkyl halides is 3. The van der Waals surface area contributed by atoms with Gasteiger partial charge in [0.1, 0.15) is 12.2 Å². The van der Waals surface area contributed by atoms with Gasteiger partial charge in [-0.15, -0.1) is 0 Å². The molecule has 1 heterocycles. The zero-order valence-electron chi connectivity index (χ0n) is 14.1. The Morgan fingerprint density at radius 2 is 1.88 bits per heavy atom. The number of carbonyl (C=O) groups excluding carboxylic acids is 2. The van der Waals surface area contributed by atoms with Gasteiger partial charge >= 0.3 is 6.18 Å². The largest absolute Gasteiger partial charge is 0.405 e. The van der Waals surface area contributed by atoms with Crippen molar-refractivity contribution in [1.82, 2.24) is 9.88 Å². The number of halogens is 4. The van der Waals surface area contributed by atoms with Crippen LogP contribution in [-0.4, -0.2) is 29.1 Å². The molecular weight excluding hydrogens is 415 g/mol. The van der Waals surface area contributed by atoms with Gasteiger partial charge in [-0.05, 0) is 53.5 Å². The summed E-state index contributed by atoms with van der Waals surface area (Å²) in [6.07, 6.45) is -2.72. The molecule has 5 nitrogen and oxygen atoms in total. The first kappa shape index (κ1) is 20.0. The van der Waals surface area contributed by atoms with E-state index >= 15 is 0 Å². The lowest BCUT2D eigenvalue weighted by Crippen LogP contribution is -2.33. The highest BCUT2D eigenvalue weighted by Crippen LogP contribution is 2.21. The van der Waals surface area contributed by atoms with Crippen molar-refractivity contribution in [3.63, 3.8) is 0 Å². The van der Waals surface area contributed by atoms with Crippen molar-refractivity contribution in [2.75, 3.05) is 11.9 Å². The van der Waals surface area contributed by atoms with E-state index in [1.165, 1.54) is 12.1 Å². The molecule has 0 fully saturated rings. The average Bonchev–Trinajstić information content (AvgIpc) is 2.95. The van der Waals surface area contributed by atoms with Crippen LogP contribution in [-0.2, 0) is 6.54 Å². The Balaban J connectivity index is 2.19. The van der Waals surface area contributed by atoms with Crippen molar-refractivity contribution in [2.24, 2.45) is 0 Å². The third-order valence-corrected chi connectivity index (χ3v) is 4.07. The number of anilines is 1. The molecule has 2 aromatic rings. The predicted molar refractivity (Wildman–Crippen MR) is 95.3 cm³/mol. The fourth-order valence-electron chi connectivity index (χ4n) is 2.29. The van der Waals surface area contributed by atoms with E-state index in [-0.39, 0.29) is 11.5 Å². The summed E-state index contributed by atoms with van der Waals surface area (Å²) in [5.74, 6) is -1.24. The van der Waals surface area contributed by atoms with Crippen LogP contribution in [0.5, 0.6) is 0 Å². The molecule has 0 aliphatic heterocycles. The highest BCUT2D eigenvalue weighted by Gasteiger charge is 2.28. The molecule has 9 heteroatoms. The van der Waals surface area contributed by atoms with Gasteiger partial charge in [-0.3, -0.25) is 9.59 Å². The molecule has 1 aromatic carbocycles. The van der Waals surface area contributed by atoms with Crippen molar-refractivity contribution in [3.05, 3.63) is 51.8 Å². The molecule has 0 atom stereocenters. The van der Waals surface area contributed by atoms with E-state index in [1.54, 1.807) is 35.1 Å². The van der Waals surface area contributed by atoms with Crippen LogP contribution in [0, 0.1) is 6.92 Å². The lowest BCUT2D eigenvalue weighted by molar-refractivity contribution is -0.123. The van der Waals surface area contributed by atoms with Gasteiger partial charge in [0.25, 0.3) is 11.8 Å². The molecule has 140 valence electrons. The molecule has 0 spiro atoms. The van der Waals surface area contributed by atoms with Crippen molar-refractivity contribution in [2.45, 2.75) is 26.6 Å². The summed E-state index contributed by atoms with van der Waals surface area (Å²) in [4.78, 5) is 24.4. The van der Waals surface area contributed by atoms with Crippen LogP contribution in [0.1, 0.15) is 33.3 Å². The predicted octanol–water partition coefficient (Wildman–Crippen LogP) is 4.12. The monoisotopic (exact) mass is 431 g/mol. The first-order chi connectivity index (χ1) is 12.1. The van der Waals surface area contributed by atoms with Crippen LogP contribution < -0.4 is 10.6 Å². The molecule has 1 aromatic heterocycles. The molecule has 0 saturated carbocycles. The minimum atomic E-state index is -4.49. The number of hydrogen-bond acceptors (Lipinski definition) is 2. The van der Waals surface area contributed by atoms with E-state index < -0.39 is 18.6 Å². The molecule has 0 unspecified atom stereocenters. The van der Waals surface area contributed by atoms with Crippen LogP contribution in [0.2, 0.25) is 0 Å². The Kier molecular flexibility index (Phi) is 6.12. The number of amides is 2. The summed E-state index contributed by atoms with van der Waals surface area (Å²) in [5.41, 5.74) is 1.49. The molecule has 0 saturated heterocycles. The van der Waals surface area contributed by atoms with Crippen LogP contribution in [0.25, 0.3) is 0 Å². The molecule has 0 aliphatic carbocycles. The Bertz CT molecular complexity index is 831. The fraction of sp³-hybridized carbons (Fsp3) is 0.294. The smallest absolute Gasteiger partial charge is 0.343 e. The molecule has 0 bridgehead atoms. The van der Waals surface area contributed by atoms with Crippen LogP contribution in [0.15, 0.2) is 34.9 Å². The summed E-state index contributed by atoms with van der Waals surface area (Å²) in [6, 6.07) is 5.98. The number of aryl methyl sites for hydroxylation is 2. The second-order valence-corrected chi connectivity index (χ2v) is 6.53. The number of aromatic nitrogens is 1. The normalized spacial score (nSPS) is 11.3. The van der Waals surface area contributed by atoms with Crippen molar-refractivity contribution in [3.8, 4) is 0 Å². The Morgan fingerprint density at radius 1 is 1.19 bits per heavy atom. The van der Waals surface area contributed by atoms with Gasteiger partial charge in [0.05, 0.1) is 0 Å². The summed E-state index contributed by atoms with van der Waals surface area (Å²) >= 11 is 3.31. The molecule has 2 N–H and O–H groups in total. The number of rotatable bonds is 5. The number of hydrogen-bond donors (Lipinski definition) is 2. The standard InChI is InChI=1S/C17H17BrF3N3O2/c1-3-24-8-12(18)7-14(24)16(26)23-13-6-11(5-4-10(13)2)15(25)22-9-17(19,20)21/h4-8H,3,9H2,1-2H3,(H,22,25)(H,23,26). The second-order valence-electron chi connectivity index (χ2n) is 5.61. The zero-order chi connectivity index (χ0) is 19.5. The summed E-state index contributed by atoms with van der Waals surface area (Å²) in [7, 11) is 0. The second kappa shape index (κ2) is 7.94. The van der Waals surface area contributed by atoms with E-state index in [1.807, 2.05) is 6.92 Å². The quantitative estimate of drug-likeness (QED) is 0.747. The summed E-state index contributed by atoms with van der Waals surface area (Å²) in [5, 5.41) is 4.50. The van der Waals surface area contributed by atoms with E-state index in [0.717, 1.165) is 4.47 Å². The third-order valence-electron chi connectivity index (χ3n) is 3.63.